The van der Waals surface area contributed by atoms with Gasteiger partial charge in [0.05, 0.1) is 0 Å². The van der Waals surface area contributed by atoms with Crippen LogP contribution in [-0.2, 0) is 5.60 Å². The van der Waals surface area contributed by atoms with E-state index in [9.17, 15) is 5.11 Å². The Morgan fingerprint density at radius 2 is 1.82 bits per heavy atom. The van der Waals surface area contributed by atoms with E-state index in [2.05, 4.69) is 38.2 Å². The highest BCUT2D eigenvalue weighted by molar-refractivity contribution is 5.42. The van der Waals surface area contributed by atoms with E-state index >= 15 is 0 Å². The number of hydrogen-bond donors (Lipinski definition) is 2. The highest BCUT2D eigenvalue weighted by atomic mass is 16.3. The molecular formula is C15H23NO. The van der Waals surface area contributed by atoms with E-state index in [0.29, 0.717) is 0 Å². The average Bonchev–Trinajstić information content (AvgIpc) is 2.67. The highest BCUT2D eigenvalue weighted by Crippen LogP contribution is 2.34. The summed E-state index contributed by atoms with van der Waals surface area (Å²) in [4.78, 5) is 0. The lowest BCUT2D eigenvalue weighted by Gasteiger charge is -2.33. The molecular weight excluding hydrogens is 210 g/mol. The van der Waals surface area contributed by atoms with Crippen molar-refractivity contribution in [3.05, 3.63) is 34.4 Å². The van der Waals surface area contributed by atoms with Gasteiger partial charge in [0.2, 0.25) is 0 Å². The molecule has 0 bridgehead atoms. The van der Waals surface area contributed by atoms with Crippen molar-refractivity contribution in [2.24, 2.45) is 0 Å². The quantitative estimate of drug-likeness (QED) is 0.823. The molecule has 0 spiro atoms. The van der Waals surface area contributed by atoms with Gasteiger partial charge in [-0.25, -0.2) is 0 Å². The fourth-order valence-corrected chi connectivity index (χ4v) is 3.32. The molecule has 2 atom stereocenters. The summed E-state index contributed by atoms with van der Waals surface area (Å²) in [7, 11) is 0. The van der Waals surface area contributed by atoms with E-state index in [4.69, 9.17) is 0 Å². The van der Waals surface area contributed by atoms with Gasteiger partial charge in [-0.1, -0.05) is 17.7 Å². The van der Waals surface area contributed by atoms with Crippen molar-refractivity contribution in [2.75, 3.05) is 6.54 Å². The summed E-state index contributed by atoms with van der Waals surface area (Å²) in [5.41, 5.74) is 3.99. The van der Waals surface area contributed by atoms with Crippen LogP contribution in [0.2, 0.25) is 0 Å². The third-order valence-electron chi connectivity index (χ3n) is 3.92. The first-order valence-electron chi connectivity index (χ1n) is 6.47. The zero-order chi connectivity index (χ0) is 12.6. The molecule has 0 aromatic heterocycles. The molecule has 2 nitrogen and oxygen atoms in total. The molecule has 94 valence electrons. The lowest BCUT2D eigenvalue weighted by molar-refractivity contribution is 0.0207. The summed E-state index contributed by atoms with van der Waals surface area (Å²) >= 11 is 0. The van der Waals surface area contributed by atoms with E-state index in [-0.39, 0.29) is 6.04 Å². The van der Waals surface area contributed by atoms with Gasteiger partial charge in [0.15, 0.2) is 0 Å². The van der Waals surface area contributed by atoms with Gasteiger partial charge in [-0.2, -0.15) is 0 Å². The third kappa shape index (κ3) is 2.24. The second kappa shape index (κ2) is 4.43. The zero-order valence-electron chi connectivity index (χ0n) is 11.3. The highest BCUT2D eigenvalue weighted by Gasteiger charge is 2.37. The summed E-state index contributed by atoms with van der Waals surface area (Å²) in [5.74, 6) is 0. The minimum absolute atomic E-state index is 0.183. The topological polar surface area (TPSA) is 32.3 Å². The Hall–Kier alpha value is -0.860. The van der Waals surface area contributed by atoms with Crippen LogP contribution in [0.25, 0.3) is 0 Å². The predicted molar refractivity (Wildman–Crippen MR) is 71.2 cm³/mol. The summed E-state index contributed by atoms with van der Waals surface area (Å²) in [6.45, 7) is 9.26. The van der Waals surface area contributed by atoms with Crippen LogP contribution in [0.15, 0.2) is 12.1 Å². The van der Waals surface area contributed by atoms with Gasteiger partial charge in [0.25, 0.3) is 0 Å². The average molecular weight is 233 g/mol. The molecule has 1 heterocycles. The van der Waals surface area contributed by atoms with E-state index in [1.807, 2.05) is 6.92 Å². The molecule has 2 N–H and O–H groups in total. The van der Waals surface area contributed by atoms with Gasteiger partial charge in [0.1, 0.15) is 5.60 Å². The van der Waals surface area contributed by atoms with Gasteiger partial charge in [0, 0.05) is 6.04 Å². The minimum atomic E-state index is -0.766. The maximum absolute atomic E-state index is 10.9. The first-order valence-corrected chi connectivity index (χ1v) is 6.47. The van der Waals surface area contributed by atoms with E-state index in [1.54, 1.807) is 0 Å². The SMILES string of the molecule is Cc1cc(C)c([C@@](C)(O)[C@@H]2CCCN2)c(C)c1. The fourth-order valence-electron chi connectivity index (χ4n) is 3.32. The Bertz CT molecular complexity index is 394. The number of rotatable bonds is 2. The molecule has 1 aliphatic heterocycles. The van der Waals surface area contributed by atoms with Gasteiger partial charge in [-0.15, -0.1) is 0 Å². The number of hydrogen-bond acceptors (Lipinski definition) is 2. The molecule has 0 amide bonds. The molecule has 0 saturated carbocycles. The zero-order valence-corrected chi connectivity index (χ0v) is 11.3. The molecule has 0 radical (unpaired) electrons. The van der Waals surface area contributed by atoms with Crippen molar-refractivity contribution in [1.82, 2.24) is 5.32 Å². The molecule has 2 heteroatoms. The molecule has 1 aromatic carbocycles. The van der Waals surface area contributed by atoms with Crippen LogP contribution < -0.4 is 5.32 Å². The molecule has 1 fully saturated rings. The lowest BCUT2D eigenvalue weighted by atomic mass is 9.81. The predicted octanol–water partition coefficient (Wildman–Crippen LogP) is 2.57. The van der Waals surface area contributed by atoms with Crippen molar-refractivity contribution < 1.29 is 5.11 Å². The molecule has 17 heavy (non-hydrogen) atoms. The van der Waals surface area contributed by atoms with Crippen LogP contribution in [0.4, 0.5) is 0 Å². The van der Waals surface area contributed by atoms with Crippen LogP contribution >= 0.6 is 0 Å². The first-order chi connectivity index (χ1) is 7.93. The van der Waals surface area contributed by atoms with Crippen molar-refractivity contribution in [3.8, 4) is 0 Å². The van der Waals surface area contributed by atoms with E-state index < -0.39 is 5.60 Å². The Labute approximate surface area is 104 Å². The van der Waals surface area contributed by atoms with E-state index in [1.165, 1.54) is 16.7 Å². The summed E-state index contributed by atoms with van der Waals surface area (Å²) in [6.07, 6.45) is 2.21. The normalized spacial score (nSPS) is 23.7. The largest absolute Gasteiger partial charge is 0.384 e. The summed E-state index contributed by atoms with van der Waals surface area (Å²) < 4.78 is 0. The number of aryl methyl sites for hydroxylation is 3. The molecule has 1 aromatic rings. The maximum Gasteiger partial charge on any atom is 0.103 e. The number of benzene rings is 1. The monoisotopic (exact) mass is 233 g/mol. The second-order valence-corrected chi connectivity index (χ2v) is 5.57. The molecule has 2 rings (SSSR count). The Morgan fingerprint density at radius 3 is 2.29 bits per heavy atom. The molecule has 1 saturated heterocycles. The number of nitrogens with one attached hydrogen (secondary N) is 1. The number of aliphatic hydroxyl groups is 1. The van der Waals surface area contributed by atoms with Crippen molar-refractivity contribution in [2.45, 2.75) is 52.2 Å². The van der Waals surface area contributed by atoms with Crippen LogP contribution in [0, 0.1) is 20.8 Å². The smallest absolute Gasteiger partial charge is 0.103 e. The van der Waals surface area contributed by atoms with E-state index in [0.717, 1.165) is 24.9 Å². The van der Waals surface area contributed by atoms with Gasteiger partial charge >= 0.3 is 0 Å². The van der Waals surface area contributed by atoms with Crippen LogP contribution in [0.1, 0.15) is 42.0 Å². The standard InChI is InChI=1S/C15H23NO/c1-10-8-11(2)14(12(3)9-10)15(4,17)13-6-5-7-16-13/h8-9,13,16-17H,5-7H2,1-4H3/t13-,15-/m0/s1. The van der Waals surface area contributed by atoms with Gasteiger partial charge in [-0.3, -0.25) is 0 Å². The fraction of sp³-hybridized carbons (Fsp3) is 0.600. The first kappa shape index (κ1) is 12.6. The molecule has 0 aliphatic carbocycles. The van der Waals surface area contributed by atoms with Gasteiger partial charge < -0.3 is 10.4 Å². The van der Waals surface area contributed by atoms with Crippen LogP contribution in [-0.4, -0.2) is 17.7 Å². The lowest BCUT2D eigenvalue weighted by Crippen LogP contribution is -2.43. The van der Waals surface area contributed by atoms with Gasteiger partial charge in [-0.05, 0) is 63.8 Å². The second-order valence-electron chi connectivity index (χ2n) is 5.57. The van der Waals surface area contributed by atoms with Crippen molar-refractivity contribution in [3.63, 3.8) is 0 Å². The summed E-state index contributed by atoms with van der Waals surface area (Å²) in [5, 5.41) is 14.3. The summed E-state index contributed by atoms with van der Waals surface area (Å²) in [6, 6.07) is 4.50. The third-order valence-corrected chi connectivity index (χ3v) is 3.92. The maximum atomic E-state index is 10.9. The van der Waals surface area contributed by atoms with Crippen LogP contribution in [0.3, 0.4) is 0 Å². The van der Waals surface area contributed by atoms with Crippen molar-refractivity contribution in [1.29, 1.82) is 0 Å². The molecule has 0 unspecified atom stereocenters. The Morgan fingerprint density at radius 1 is 1.24 bits per heavy atom. The minimum Gasteiger partial charge on any atom is -0.384 e. The van der Waals surface area contributed by atoms with Crippen molar-refractivity contribution >= 4 is 0 Å². The van der Waals surface area contributed by atoms with Crippen LogP contribution in [0.5, 0.6) is 0 Å². The Balaban J connectivity index is 2.44. The Kier molecular flexibility index (Phi) is 3.28. The molecule has 1 aliphatic rings.